The van der Waals surface area contributed by atoms with Gasteiger partial charge in [-0.15, -0.1) is 0 Å². The minimum atomic E-state index is -0.491. The number of anilines is 2. The van der Waals surface area contributed by atoms with E-state index in [2.05, 4.69) is 27.5 Å². The van der Waals surface area contributed by atoms with Crippen LogP contribution in [0.4, 0.5) is 11.8 Å². The average Bonchev–Trinajstić information content (AvgIpc) is 3.09. The van der Waals surface area contributed by atoms with Crippen molar-refractivity contribution in [1.29, 1.82) is 0 Å². The van der Waals surface area contributed by atoms with Gasteiger partial charge in [0.25, 0.3) is 0 Å². The lowest BCUT2D eigenvalue weighted by Crippen LogP contribution is -2.41. The summed E-state index contributed by atoms with van der Waals surface area (Å²) in [5.74, 6) is 1.58. The summed E-state index contributed by atoms with van der Waals surface area (Å²) in [6.45, 7) is 12.4. The van der Waals surface area contributed by atoms with Crippen LogP contribution in [0.3, 0.4) is 0 Å². The maximum atomic E-state index is 12.7. The lowest BCUT2D eigenvalue weighted by Gasteiger charge is -2.40. The summed E-state index contributed by atoms with van der Waals surface area (Å²) in [4.78, 5) is 38.7. The number of aromatic nitrogens is 2. The molecule has 210 valence electrons. The molecule has 11 nitrogen and oxygen atoms in total. The summed E-state index contributed by atoms with van der Waals surface area (Å²) in [5.41, 5.74) is 1.53. The fourth-order valence-corrected chi connectivity index (χ4v) is 4.51. The third-order valence-electron chi connectivity index (χ3n) is 7.80. The van der Waals surface area contributed by atoms with Crippen LogP contribution in [0.15, 0.2) is 18.2 Å². The fraction of sp³-hybridized carbons (Fsp3) is 0.630. The van der Waals surface area contributed by atoms with Crippen molar-refractivity contribution in [1.82, 2.24) is 25.7 Å². The van der Waals surface area contributed by atoms with E-state index in [4.69, 9.17) is 19.9 Å². The van der Waals surface area contributed by atoms with Crippen molar-refractivity contribution in [3.8, 4) is 5.75 Å². The molecule has 3 rings (SSSR count). The van der Waals surface area contributed by atoms with E-state index < -0.39 is 16.7 Å². The van der Waals surface area contributed by atoms with Crippen LogP contribution in [-0.4, -0.2) is 85.3 Å². The Kier molecular flexibility index (Phi) is 9.72. The molecule has 1 aromatic carbocycles. The number of fused-ring (bicyclic) bond motifs is 1. The molecule has 4 N–H and O–H groups in total. The highest BCUT2D eigenvalue weighted by Gasteiger charge is 2.40. The molecule has 2 heterocycles. The SMILES string of the molecule is COc1ccc2c(NCCNC(=O)CC(C)(C)C(C)(C)CC(=O)NO)nc(N3CCCN(C)CC3)nc2c1. The molecule has 1 aromatic heterocycles. The molecule has 0 spiro atoms. The Bertz CT molecular complexity index is 1120. The number of likely N-dealkylation sites (N-methyl/N-ethyl adjacent to an activating group) is 1. The first-order valence-electron chi connectivity index (χ1n) is 13.2. The molecule has 11 heteroatoms. The molecule has 0 aliphatic carbocycles. The summed E-state index contributed by atoms with van der Waals surface area (Å²) >= 11 is 0. The highest BCUT2D eigenvalue weighted by molar-refractivity contribution is 5.91. The molecule has 38 heavy (non-hydrogen) atoms. The van der Waals surface area contributed by atoms with Gasteiger partial charge in [-0.2, -0.15) is 4.98 Å². The Morgan fingerprint density at radius 2 is 1.71 bits per heavy atom. The van der Waals surface area contributed by atoms with Crippen LogP contribution in [0, 0.1) is 10.8 Å². The number of rotatable bonds is 11. The molecule has 2 aromatic rings. The summed E-state index contributed by atoms with van der Waals surface area (Å²) < 4.78 is 5.41. The number of ether oxygens (including phenoxy) is 1. The number of methoxy groups -OCH3 is 1. The molecule has 0 saturated carbocycles. The van der Waals surface area contributed by atoms with Crippen LogP contribution in [0.2, 0.25) is 0 Å². The predicted octanol–water partition coefficient (Wildman–Crippen LogP) is 2.65. The van der Waals surface area contributed by atoms with Gasteiger partial charge in [-0.1, -0.05) is 27.7 Å². The van der Waals surface area contributed by atoms with E-state index in [1.807, 2.05) is 45.9 Å². The number of amides is 2. The maximum Gasteiger partial charge on any atom is 0.243 e. The second-order valence-electron chi connectivity index (χ2n) is 11.3. The molecule has 0 radical (unpaired) electrons. The predicted molar refractivity (Wildman–Crippen MR) is 149 cm³/mol. The second kappa shape index (κ2) is 12.6. The van der Waals surface area contributed by atoms with Gasteiger partial charge in [0.05, 0.1) is 12.6 Å². The average molecular weight is 530 g/mol. The van der Waals surface area contributed by atoms with Crippen LogP contribution in [0.5, 0.6) is 5.75 Å². The Labute approximate surface area is 225 Å². The van der Waals surface area contributed by atoms with Gasteiger partial charge in [0.1, 0.15) is 11.6 Å². The molecule has 1 fully saturated rings. The Morgan fingerprint density at radius 3 is 2.39 bits per heavy atom. The number of carbonyl (C=O) groups excluding carboxylic acids is 2. The molecule has 0 atom stereocenters. The van der Waals surface area contributed by atoms with E-state index >= 15 is 0 Å². The molecular weight excluding hydrogens is 486 g/mol. The van der Waals surface area contributed by atoms with Gasteiger partial charge < -0.3 is 25.2 Å². The van der Waals surface area contributed by atoms with Gasteiger partial charge in [-0.05, 0) is 43.0 Å². The third-order valence-corrected chi connectivity index (χ3v) is 7.80. The first-order chi connectivity index (χ1) is 18.0. The number of nitrogens with zero attached hydrogens (tertiary/aromatic N) is 4. The van der Waals surface area contributed by atoms with E-state index in [1.54, 1.807) is 12.6 Å². The van der Waals surface area contributed by atoms with Crippen LogP contribution in [0.1, 0.15) is 47.0 Å². The normalized spacial score (nSPS) is 15.2. The Hall–Kier alpha value is -3.18. The zero-order valence-electron chi connectivity index (χ0n) is 23.6. The number of hydrogen-bond donors (Lipinski definition) is 4. The van der Waals surface area contributed by atoms with Gasteiger partial charge in [0.2, 0.25) is 17.8 Å². The van der Waals surface area contributed by atoms with Crippen molar-refractivity contribution in [3.05, 3.63) is 18.2 Å². The van der Waals surface area contributed by atoms with Crippen molar-refractivity contribution in [3.63, 3.8) is 0 Å². The standard InChI is InChI=1S/C27H43N7O4/c1-26(2,27(3,4)18-23(36)32-37)17-22(35)28-10-11-29-24-20-9-8-19(38-6)16-21(20)30-25(31-24)34-13-7-12-33(5)14-15-34/h8-9,16,37H,7,10-15,17-18H2,1-6H3,(H,28,35)(H,32,36)(H,29,30,31). The Morgan fingerprint density at radius 1 is 1.00 bits per heavy atom. The highest BCUT2D eigenvalue weighted by atomic mass is 16.5. The van der Waals surface area contributed by atoms with Gasteiger partial charge in [-0.3, -0.25) is 14.8 Å². The number of carbonyl (C=O) groups is 2. The van der Waals surface area contributed by atoms with E-state index in [-0.39, 0.29) is 18.7 Å². The van der Waals surface area contributed by atoms with Crippen molar-refractivity contribution >= 4 is 34.5 Å². The van der Waals surface area contributed by atoms with E-state index in [1.165, 1.54) is 0 Å². The molecule has 1 aliphatic rings. The molecule has 1 aliphatic heterocycles. The third kappa shape index (κ3) is 7.44. The molecule has 0 bridgehead atoms. The summed E-state index contributed by atoms with van der Waals surface area (Å²) in [7, 11) is 3.77. The van der Waals surface area contributed by atoms with Crippen molar-refractivity contribution in [2.75, 3.05) is 63.6 Å². The second-order valence-corrected chi connectivity index (χ2v) is 11.3. The van der Waals surface area contributed by atoms with Crippen LogP contribution >= 0.6 is 0 Å². The molecule has 2 amide bonds. The molecular formula is C27H43N7O4. The summed E-state index contributed by atoms with van der Waals surface area (Å²) in [5, 5.41) is 16.1. The number of nitrogens with one attached hydrogen (secondary N) is 3. The van der Waals surface area contributed by atoms with Gasteiger partial charge in [0.15, 0.2) is 0 Å². The first-order valence-corrected chi connectivity index (χ1v) is 13.2. The monoisotopic (exact) mass is 529 g/mol. The van der Waals surface area contributed by atoms with E-state index in [0.29, 0.717) is 19.0 Å². The highest BCUT2D eigenvalue weighted by Crippen LogP contribution is 2.43. The first kappa shape index (κ1) is 29.4. The van der Waals surface area contributed by atoms with Gasteiger partial charge >= 0.3 is 0 Å². The minimum absolute atomic E-state index is 0.0964. The summed E-state index contributed by atoms with van der Waals surface area (Å²) in [6.07, 6.45) is 1.41. The molecule has 0 unspecified atom stereocenters. The maximum absolute atomic E-state index is 12.7. The number of benzene rings is 1. The number of hydroxylamine groups is 1. The minimum Gasteiger partial charge on any atom is -0.497 e. The Balaban J connectivity index is 1.66. The number of hydrogen-bond acceptors (Lipinski definition) is 9. The smallest absolute Gasteiger partial charge is 0.243 e. The van der Waals surface area contributed by atoms with Crippen LogP contribution in [0.25, 0.3) is 10.9 Å². The molecule has 1 saturated heterocycles. The van der Waals surface area contributed by atoms with E-state index in [0.717, 1.165) is 55.1 Å². The van der Waals surface area contributed by atoms with Gasteiger partial charge in [0, 0.05) is 57.0 Å². The van der Waals surface area contributed by atoms with Crippen LogP contribution < -0.4 is 25.8 Å². The van der Waals surface area contributed by atoms with E-state index in [9.17, 15) is 9.59 Å². The van der Waals surface area contributed by atoms with Crippen LogP contribution in [-0.2, 0) is 9.59 Å². The zero-order chi connectivity index (χ0) is 27.9. The quantitative estimate of drug-likeness (QED) is 0.197. The van der Waals surface area contributed by atoms with Crippen molar-refractivity contribution in [2.24, 2.45) is 10.8 Å². The van der Waals surface area contributed by atoms with Gasteiger partial charge in [-0.25, -0.2) is 10.5 Å². The summed E-state index contributed by atoms with van der Waals surface area (Å²) in [6, 6.07) is 5.75. The largest absolute Gasteiger partial charge is 0.497 e. The topological polar surface area (TPSA) is 132 Å². The lowest BCUT2D eigenvalue weighted by atomic mass is 9.64. The zero-order valence-corrected chi connectivity index (χ0v) is 23.6. The fourth-order valence-electron chi connectivity index (χ4n) is 4.51. The lowest BCUT2D eigenvalue weighted by molar-refractivity contribution is -0.135. The van der Waals surface area contributed by atoms with Crippen molar-refractivity contribution in [2.45, 2.75) is 47.0 Å². The van der Waals surface area contributed by atoms with Crippen molar-refractivity contribution < 1.29 is 19.5 Å².